The quantitative estimate of drug-likeness (QED) is 0.0414. The molecule has 0 atom stereocenters. The molecule has 0 rings (SSSR count). The maximum absolute atomic E-state index is 11.0. The van der Waals surface area contributed by atoms with Gasteiger partial charge in [0.05, 0.1) is 26.2 Å². The molecule has 7 heteroatoms. The minimum atomic E-state index is -1.02. The number of carboxylic acids is 3. The van der Waals surface area contributed by atoms with Crippen molar-refractivity contribution in [3.63, 3.8) is 0 Å². The molecule has 0 saturated carbocycles. The van der Waals surface area contributed by atoms with Crippen molar-refractivity contribution < 1.29 is 34.2 Å². The second-order valence-electron chi connectivity index (χ2n) is 13.1. The summed E-state index contributed by atoms with van der Waals surface area (Å²) in [5.74, 6) is -2.57. The predicted molar refractivity (Wildman–Crippen MR) is 179 cm³/mol. The molecule has 2 N–H and O–H groups in total. The summed E-state index contributed by atoms with van der Waals surface area (Å²) in [4.78, 5) is 32.9. The van der Waals surface area contributed by atoms with E-state index in [1.807, 2.05) is 0 Å². The first-order valence-electron chi connectivity index (χ1n) is 18.4. The van der Waals surface area contributed by atoms with E-state index in [1.165, 1.54) is 109 Å². The number of aliphatic carboxylic acids is 3. The standard InChI is InChI=1S/C37H69NO6/c1-2-3-4-5-6-7-8-9-10-11-12-13-14-15-16-17-18-19-20-24-31-38(32-25-21-28-35(39)40,33-26-22-29-36(41)42)34-27-23-30-37(43)44/h11-12H,2-10,13-34H2,1H3,(H2-,39,40,41,42,43,44)/b12-11+. The lowest BCUT2D eigenvalue weighted by molar-refractivity contribution is -0.929. The lowest BCUT2D eigenvalue weighted by Crippen LogP contribution is -2.51. The third-order valence-corrected chi connectivity index (χ3v) is 8.95. The molecule has 258 valence electrons. The molecule has 7 nitrogen and oxygen atoms in total. The van der Waals surface area contributed by atoms with Crippen LogP contribution in [0.4, 0.5) is 0 Å². The van der Waals surface area contributed by atoms with Crippen molar-refractivity contribution in [2.75, 3.05) is 26.2 Å². The van der Waals surface area contributed by atoms with Crippen molar-refractivity contribution in [2.45, 2.75) is 180 Å². The van der Waals surface area contributed by atoms with Crippen molar-refractivity contribution in [3.05, 3.63) is 12.2 Å². The number of carbonyl (C=O) groups excluding carboxylic acids is 1. The van der Waals surface area contributed by atoms with Gasteiger partial charge in [-0.05, 0) is 83.5 Å². The van der Waals surface area contributed by atoms with E-state index in [2.05, 4.69) is 19.1 Å². The third kappa shape index (κ3) is 30.1. The van der Waals surface area contributed by atoms with Crippen molar-refractivity contribution in [2.24, 2.45) is 0 Å². The highest BCUT2D eigenvalue weighted by Crippen LogP contribution is 2.20. The molecule has 0 aliphatic carbocycles. The number of hydrogen-bond acceptors (Lipinski definition) is 4. The first-order valence-corrected chi connectivity index (χ1v) is 18.4. The summed E-state index contributed by atoms with van der Waals surface area (Å²) in [5.41, 5.74) is 0. The molecule has 44 heavy (non-hydrogen) atoms. The fourth-order valence-electron chi connectivity index (χ4n) is 6.24. The van der Waals surface area contributed by atoms with Gasteiger partial charge in [-0.25, -0.2) is 0 Å². The van der Waals surface area contributed by atoms with E-state index in [1.54, 1.807) is 0 Å². The lowest BCUT2D eigenvalue weighted by atomic mass is 10.0. The Bertz CT molecular complexity index is 668. The Morgan fingerprint density at radius 1 is 0.477 bits per heavy atom. The zero-order valence-corrected chi connectivity index (χ0v) is 28.5. The minimum Gasteiger partial charge on any atom is -0.550 e. The van der Waals surface area contributed by atoms with E-state index >= 15 is 0 Å². The number of carbonyl (C=O) groups is 3. The van der Waals surface area contributed by atoms with Crippen LogP contribution in [0.15, 0.2) is 12.2 Å². The molecule has 0 unspecified atom stereocenters. The second kappa shape index (κ2) is 31.1. The van der Waals surface area contributed by atoms with Gasteiger partial charge >= 0.3 is 11.9 Å². The van der Waals surface area contributed by atoms with Gasteiger partial charge < -0.3 is 24.6 Å². The Balaban J connectivity index is 4.26. The highest BCUT2D eigenvalue weighted by atomic mass is 16.4. The first-order chi connectivity index (χ1) is 21.3. The normalized spacial score (nSPS) is 11.8. The predicted octanol–water partition coefficient (Wildman–Crippen LogP) is 8.83. The molecule has 0 bridgehead atoms. The molecule has 0 amide bonds. The molecule has 0 saturated heterocycles. The fourth-order valence-corrected chi connectivity index (χ4v) is 6.24. The Hall–Kier alpha value is -1.89. The molecular weight excluding hydrogens is 554 g/mol. The topological polar surface area (TPSA) is 115 Å². The van der Waals surface area contributed by atoms with Gasteiger partial charge in [0, 0.05) is 18.8 Å². The molecule has 0 fully saturated rings. The van der Waals surface area contributed by atoms with E-state index in [0.717, 1.165) is 56.3 Å². The molecule has 0 aromatic heterocycles. The summed E-state index contributed by atoms with van der Waals surface area (Å²) in [6.45, 7) is 5.88. The van der Waals surface area contributed by atoms with E-state index in [9.17, 15) is 19.5 Å². The van der Waals surface area contributed by atoms with E-state index in [0.29, 0.717) is 19.3 Å². The third-order valence-electron chi connectivity index (χ3n) is 8.95. The highest BCUT2D eigenvalue weighted by Gasteiger charge is 2.26. The van der Waals surface area contributed by atoms with Crippen LogP contribution >= 0.6 is 0 Å². The van der Waals surface area contributed by atoms with Gasteiger partial charge in [0.25, 0.3) is 0 Å². The largest absolute Gasteiger partial charge is 0.550 e. The molecule has 0 aliphatic rings. The molecule has 0 aromatic carbocycles. The number of allylic oxidation sites excluding steroid dienone is 2. The minimum absolute atomic E-state index is 0.0631. The maximum Gasteiger partial charge on any atom is 0.303 e. The Morgan fingerprint density at radius 3 is 1.16 bits per heavy atom. The van der Waals surface area contributed by atoms with Crippen molar-refractivity contribution >= 4 is 17.9 Å². The number of nitrogens with zero attached hydrogens (tertiary/aromatic N) is 1. The Morgan fingerprint density at radius 2 is 0.795 bits per heavy atom. The smallest absolute Gasteiger partial charge is 0.303 e. The van der Waals surface area contributed by atoms with Crippen LogP contribution in [-0.4, -0.2) is 58.8 Å². The van der Waals surface area contributed by atoms with Gasteiger partial charge in [-0.2, -0.15) is 0 Å². The maximum atomic E-state index is 11.0. The average Bonchev–Trinajstić information content (AvgIpc) is 2.98. The first kappa shape index (κ1) is 42.1. The molecular formula is C37H69NO6. The molecule has 0 aromatic rings. The van der Waals surface area contributed by atoms with Gasteiger partial charge in [-0.3, -0.25) is 9.59 Å². The summed E-state index contributed by atoms with van der Waals surface area (Å²) >= 11 is 0. The van der Waals surface area contributed by atoms with Crippen LogP contribution in [0, 0.1) is 0 Å². The Labute approximate surface area is 270 Å². The number of rotatable bonds is 35. The zero-order valence-electron chi connectivity index (χ0n) is 28.5. The van der Waals surface area contributed by atoms with Gasteiger partial charge in [-0.15, -0.1) is 0 Å². The van der Waals surface area contributed by atoms with Crippen LogP contribution in [0.1, 0.15) is 180 Å². The van der Waals surface area contributed by atoms with Crippen LogP contribution in [0.25, 0.3) is 0 Å². The SMILES string of the molecule is CCCCCCCCCC/C=C/CCCCCCCCCC[N+](CCCCC(=O)[O-])(CCCCC(=O)O)CCCCC(=O)O. The number of carboxylic acid groups (broad SMARTS) is 3. The highest BCUT2D eigenvalue weighted by molar-refractivity contribution is 5.66. The fraction of sp³-hybridized carbons (Fsp3) is 0.865. The molecule has 0 spiro atoms. The van der Waals surface area contributed by atoms with E-state index < -0.39 is 17.9 Å². The summed E-state index contributed by atoms with van der Waals surface area (Å²) in [7, 11) is 0. The van der Waals surface area contributed by atoms with Gasteiger partial charge in [0.2, 0.25) is 0 Å². The number of hydrogen-bond donors (Lipinski definition) is 2. The summed E-state index contributed by atoms with van der Waals surface area (Å²) in [5, 5.41) is 29.0. The molecule has 0 heterocycles. The summed E-state index contributed by atoms with van der Waals surface area (Å²) < 4.78 is 0.846. The Kier molecular flexibility index (Phi) is 29.8. The van der Waals surface area contributed by atoms with Gasteiger partial charge in [0.15, 0.2) is 0 Å². The molecule has 0 radical (unpaired) electrons. The van der Waals surface area contributed by atoms with Gasteiger partial charge in [0.1, 0.15) is 0 Å². The van der Waals surface area contributed by atoms with Gasteiger partial charge in [-0.1, -0.05) is 96.1 Å². The number of quaternary nitrogens is 1. The van der Waals surface area contributed by atoms with Crippen LogP contribution in [0.3, 0.4) is 0 Å². The summed E-state index contributed by atoms with van der Waals surface area (Å²) in [6.07, 6.45) is 32.9. The van der Waals surface area contributed by atoms with Crippen molar-refractivity contribution in [3.8, 4) is 0 Å². The zero-order chi connectivity index (χ0) is 32.6. The molecule has 0 aliphatic heterocycles. The lowest BCUT2D eigenvalue weighted by Gasteiger charge is -2.39. The monoisotopic (exact) mass is 624 g/mol. The number of unbranched alkanes of at least 4 members (excludes halogenated alkanes) is 19. The summed E-state index contributed by atoms with van der Waals surface area (Å²) in [6, 6.07) is 0. The van der Waals surface area contributed by atoms with Crippen LogP contribution < -0.4 is 5.11 Å². The van der Waals surface area contributed by atoms with E-state index in [-0.39, 0.29) is 19.3 Å². The second-order valence-corrected chi connectivity index (χ2v) is 13.1. The van der Waals surface area contributed by atoms with Crippen LogP contribution in [0.2, 0.25) is 0 Å². The van der Waals surface area contributed by atoms with Crippen LogP contribution in [0.5, 0.6) is 0 Å². The average molecular weight is 624 g/mol. The van der Waals surface area contributed by atoms with Crippen LogP contribution in [-0.2, 0) is 14.4 Å². The van der Waals surface area contributed by atoms with Crippen molar-refractivity contribution in [1.29, 1.82) is 0 Å². The van der Waals surface area contributed by atoms with E-state index in [4.69, 9.17) is 10.2 Å². The van der Waals surface area contributed by atoms with Crippen molar-refractivity contribution in [1.82, 2.24) is 0 Å².